The Morgan fingerprint density at radius 2 is 2.30 bits per heavy atom. The van der Waals surface area contributed by atoms with Crippen molar-refractivity contribution in [1.29, 1.82) is 0 Å². The second-order valence-electron chi connectivity index (χ2n) is 4.61. The fourth-order valence-corrected chi connectivity index (χ4v) is 2.04. The van der Waals surface area contributed by atoms with Crippen LogP contribution < -0.4 is 11.1 Å². The van der Waals surface area contributed by atoms with E-state index in [2.05, 4.69) is 17.4 Å². The van der Waals surface area contributed by atoms with Gasteiger partial charge in [0.1, 0.15) is 5.82 Å². The minimum atomic E-state index is -0.419. The van der Waals surface area contributed by atoms with Gasteiger partial charge in [-0.15, -0.1) is 0 Å². The molecule has 0 amide bonds. The third-order valence-electron chi connectivity index (χ3n) is 3.04. The first-order chi connectivity index (χ1) is 9.62. The number of ether oxygens (including phenoxy) is 1. The number of nitrogens with two attached hydrogens (primary N) is 1. The van der Waals surface area contributed by atoms with Crippen molar-refractivity contribution in [3.8, 4) is 0 Å². The minimum absolute atomic E-state index is 0.0971. The van der Waals surface area contributed by atoms with Gasteiger partial charge in [0.2, 0.25) is 0 Å². The van der Waals surface area contributed by atoms with E-state index in [1.54, 1.807) is 13.2 Å². The molecule has 0 aliphatic carbocycles. The Kier molecular flexibility index (Phi) is 6.97. The van der Waals surface area contributed by atoms with Crippen LogP contribution in [0.5, 0.6) is 0 Å². The molecule has 1 rings (SSSR count). The van der Waals surface area contributed by atoms with E-state index in [9.17, 15) is 4.39 Å². The van der Waals surface area contributed by atoms with E-state index in [4.69, 9.17) is 15.7 Å². The van der Waals surface area contributed by atoms with Gasteiger partial charge >= 0.3 is 0 Å². The highest BCUT2D eigenvalue weighted by molar-refractivity contribution is 5.98. The van der Waals surface area contributed by atoms with Crippen LogP contribution in [0.4, 0.5) is 4.39 Å². The van der Waals surface area contributed by atoms with E-state index in [0.29, 0.717) is 18.7 Å². The third kappa shape index (κ3) is 4.79. The molecule has 6 heteroatoms. The summed E-state index contributed by atoms with van der Waals surface area (Å²) >= 11 is 0. The molecule has 0 heterocycles. The van der Waals surface area contributed by atoms with Crippen LogP contribution in [0.1, 0.15) is 30.9 Å². The predicted molar refractivity (Wildman–Crippen MR) is 76.3 cm³/mol. The largest absolute Gasteiger partial charge is 0.409 e. The Hall–Kier alpha value is -1.66. The van der Waals surface area contributed by atoms with Crippen molar-refractivity contribution in [2.45, 2.75) is 32.4 Å². The molecule has 112 valence electrons. The lowest BCUT2D eigenvalue weighted by atomic mass is 10.1. The van der Waals surface area contributed by atoms with Crippen LogP contribution in [0, 0.1) is 5.82 Å². The fraction of sp³-hybridized carbons (Fsp3) is 0.500. The van der Waals surface area contributed by atoms with Gasteiger partial charge in [-0.2, -0.15) is 0 Å². The van der Waals surface area contributed by atoms with Gasteiger partial charge in [0.25, 0.3) is 0 Å². The number of halogens is 1. The Balaban J connectivity index is 2.81. The number of rotatable bonds is 8. The number of benzene rings is 1. The van der Waals surface area contributed by atoms with E-state index in [0.717, 1.165) is 18.4 Å². The molecule has 1 atom stereocenters. The number of hydrogen-bond donors (Lipinski definition) is 3. The summed E-state index contributed by atoms with van der Waals surface area (Å²) in [6.07, 6.45) is 2.02. The van der Waals surface area contributed by atoms with Crippen molar-refractivity contribution < 1.29 is 14.3 Å². The molecule has 1 unspecified atom stereocenters. The molecular weight excluding hydrogens is 261 g/mol. The Morgan fingerprint density at radius 1 is 1.55 bits per heavy atom. The summed E-state index contributed by atoms with van der Waals surface area (Å²) in [6, 6.07) is 4.47. The van der Waals surface area contributed by atoms with Gasteiger partial charge < -0.3 is 21.0 Å². The van der Waals surface area contributed by atoms with Crippen LogP contribution in [0.15, 0.2) is 23.4 Å². The summed E-state index contributed by atoms with van der Waals surface area (Å²) in [7, 11) is 1.66. The van der Waals surface area contributed by atoms with Gasteiger partial charge in [-0.05, 0) is 24.1 Å². The van der Waals surface area contributed by atoms with E-state index < -0.39 is 5.82 Å². The molecule has 0 aliphatic rings. The maximum atomic E-state index is 13.3. The molecule has 0 fully saturated rings. The normalized spacial score (nSPS) is 13.4. The van der Waals surface area contributed by atoms with Crippen molar-refractivity contribution in [3.05, 3.63) is 35.1 Å². The molecule has 1 aromatic rings. The second kappa shape index (κ2) is 8.50. The van der Waals surface area contributed by atoms with Crippen LogP contribution >= 0.6 is 0 Å². The van der Waals surface area contributed by atoms with Crippen molar-refractivity contribution in [2.75, 3.05) is 13.7 Å². The number of amidine groups is 1. The van der Waals surface area contributed by atoms with Gasteiger partial charge in [-0.1, -0.05) is 24.6 Å². The molecule has 1 aromatic carbocycles. The summed E-state index contributed by atoms with van der Waals surface area (Å²) in [5, 5.41) is 15.0. The standard InChI is InChI=1S/C14H22FN3O2/c1-3-4-12(9-20-2)17-8-10-5-6-11(15)7-13(10)14(16)18-19/h5-7,12,17,19H,3-4,8-9H2,1-2H3,(H2,16,18). The summed E-state index contributed by atoms with van der Waals surface area (Å²) in [5.41, 5.74) is 6.74. The molecule has 0 aromatic heterocycles. The SMILES string of the molecule is CCCC(COC)NCc1ccc(F)cc1C(N)=NO. The highest BCUT2D eigenvalue weighted by Gasteiger charge is 2.11. The van der Waals surface area contributed by atoms with E-state index in [1.807, 2.05) is 0 Å². The summed E-state index contributed by atoms with van der Waals surface area (Å²) < 4.78 is 18.4. The molecule has 0 radical (unpaired) electrons. The van der Waals surface area contributed by atoms with Gasteiger partial charge in [0, 0.05) is 25.3 Å². The van der Waals surface area contributed by atoms with Crippen molar-refractivity contribution >= 4 is 5.84 Å². The van der Waals surface area contributed by atoms with Crippen LogP contribution in [-0.2, 0) is 11.3 Å². The number of oxime groups is 1. The average molecular weight is 283 g/mol. The second-order valence-corrected chi connectivity index (χ2v) is 4.61. The number of hydrogen-bond acceptors (Lipinski definition) is 4. The zero-order chi connectivity index (χ0) is 15.0. The van der Waals surface area contributed by atoms with Gasteiger partial charge in [-0.3, -0.25) is 0 Å². The van der Waals surface area contributed by atoms with Crippen LogP contribution in [0.2, 0.25) is 0 Å². The average Bonchev–Trinajstić information content (AvgIpc) is 2.45. The predicted octanol–water partition coefficient (Wildman–Crippen LogP) is 1.82. The highest BCUT2D eigenvalue weighted by atomic mass is 19.1. The topological polar surface area (TPSA) is 79.9 Å². The zero-order valence-corrected chi connectivity index (χ0v) is 11.9. The van der Waals surface area contributed by atoms with Crippen LogP contribution in [0.3, 0.4) is 0 Å². The minimum Gasteiger partial charge on any atom is -0.409 e. The lowest BCUT2D eigenvalue weighted by Crippen LogP contribution is -2.33. The zero-order valence-electron chi connectivity index (χ0n) is 11.9. The first kappa shape index (κ1) is 16.4. The van der Waals surface area contributed by atoms with E-state index in [-0.39, 0.29) is 11.9 Å². The summed E-state index contributed by atoms with van der Waals surface area (Å²) in [5.74, 6) is -0.516. The fourth-order valence-electron chi connectivity index (χ4n) is 2.04. The monoisotopic (exact) mass is 283 g/mol. The quantitative estimate of drug-likeness (QED) is 0.294. The lowest BCUT2D eigenvalue weighted by Gasteiger charge is -2.18. The van der Waals surface area contributed by atoms with Gasteiger partial charge in [0.05, 0.1) is 6.61 Å². The Labute approximate surface area is 118 Å². The summed E-state index contributed by atoms with van der Waals surface area (Å²) in [4.78, 5) is 0. The first-order valence-electron chi connectivity index (χ1n) is 6.61. The van der Waals surface area contributed by atoms with Crippen molar-refractivity contribution in [1.82, 2.24) is 5.32 Å². The Bertz CT molecular complexity index is 446. The molecule has 0 saturated heterocycles. The number of nitrogens with zero attached hydrogens (tertiary/aromatic N) is 1. The van der Waals surface area contributed by atoms with E-state index in [1.165, 1.54) is 12.1 Å². The molecular formula is C14H22FN3O2. The lowest BCUT2D eigenvalue weighted by molar-refractivity contribution is 0.161. The molecule has 0 spiro atoms. The molecule has 4 N–H and O–H groups in total. The van der Waals surface area contributed by atoms with Crippen LogP contribution in [0.25, 0.3) is 0 Å². The third-order valence-corrected chi connectivity index (χ3v) is 3.04. The van der Waals surface area contributed by atoms with Gasteiger partial charge in [-0.25, -0.2) is 4.39 Å². The number of methoxy groups -OCH3 is 1. The molecule has 0 saturated carbocycles. The molecule has 20 heavy (non-hydrogen) atoms. The van der Waals surface area contributed by atoms with Crippen LogP contribution in [-0.4, -0.2) is 30.8 Å². The smallest absolute Gasteiger partial charge is 0.170 e. The molecule has 0 bridgehead atoms. The molecule has 0 aliphatic heterocycles. The van der Waals surface area contributed by atoms with Crippen molar-refractivity contribution in [2.24, 2.45) is 10.9 Å². The maximum Gasteiger partial charge on any atom is 0.170 e. The molecule has 5 nitrogen and oxygen atoms in total. The first-order valence-corrected chi connectivity index (χ1v) is 6.61. The highest BCUT2D eigenvalue weighted by Crippen LogP contribution is 2.12. The van der Waals surface area contributed by atoms with Crippen molar-refractivity contribution in [3.63, 3.8) is 0 Å². The van der Waals surface area contributed by atoms with Gasteiger partial charge in [0.15, 0.2) is 5.84 Å². The van der Waals surface area contributed by atoms with E-state index >= 15 is 0 Å². The number of nitrogens with one attached hydrogen (secondary N) is 1. The Morgan fingerprint density at radius 3 is 2.90 bits per heavy atom. The summed E-state index contributed by atoms with van der Waals surface area (Å²) in [6.45, 7) is 3.21. The maximum absolute atomic E-state index is 13.3.